The van der Waals surface area contributed by atoms with E-state index in [1.165, 1.54) is 17.2 Å². The molecule has 3 heteroatoms. The van der Waals surface area contributed by atoms with Gasteiger partial charge >= 0.3 is 0 Å². The highest BCUT2D eigenvalue weighted by molar-refractivity contribution is 7.98. The van der Waals surface area contributed by atoms with Crippen molar-refractivity contribution in [2.45, 2.75) is 31.0 Å². The molecular weight excluding hydrogens is 269 g/mol. The first-order valence-corrected chi connectivity index (χ1v) is 7.86. The van der Waals surface area contributed by atoms with E-state index in [9.17, 15) is 4.39 Å². The molecule has 0 radical (unpaired) electrons. The third-order valence-electron chi connectivity index (χ3n) is 3.25. The first-order chi connectivity index (χ1) is 9.72. The van der Waals surface area contributed by atoms with Crippen LogP contribution in [0.1, 0.15) is 23.6 Å². The number of hydrogen-bond donors (Lipinski definition) is 1. The van der Waals surface area contributed by atoms with E-state index in [1.807, 2.05) is 18.2 Å². The van der Waals surface area contributed by atoms with Crippen molar-refractivity contribution >= 4 is 11.8 Å². The second-order valence-electron chi connectivity index (χ2n) is 4.72. The van der Waals surface area contributed by atoms with Gasteiger partial charge in [0.05, 0.1) is 0 Å². The van der Waals surface area contributed by atoms with Crippen molar-refractivity contribution in [1.29, 1.82) is 0 Å². The largest absolute Gasteiger partial charge is 0.313 e. The van der Waals surface area contributed by atoms with E-state index in [0.29, 0.717) is 6.54 Å². The molecule has 0 aliphatic heterocycles. The summed E-state index contributed by atoms with van der Waals surface area (Å²) in [6.45, 7) is 5.75. The summed E-state index contributed by atoms with van der Waals surface area (Å²) in [5.74, 6) is 0.672. The van der Waals surface area contributed by atoms with Crippen LogP contribution in [0.3, 0.4) is 0 Å². The van der Waals surface area contributed by atoms with Crippen LogP contribution >= 0.6 is 11.8 Å². The maximum atomic E-state index is 14.0. The average molecular weight is 289 g/mol. The molecular formula is C17H20FNS. The van der Waals surface area contributed by atoms with Gasteiger partial charge in [-0.2, -0.15) is 0 Å². The highest BCUT2D eigenvalue weighted by Gasteiger charge is 2.09. The van der Waals surface area contributed by atoms with Gasteiger partial charge in [0.1, 0.15) is 5.82 Å². The lowest BCUT2D eigenvalue weighted by Gasteiger charge is -2.11. The maximum Gasteiger partial charge on any atom is 0.137 e. The van der Waals surface area contributed by atoms with Gasteiger partial charge in [-0.1, -0.05) is 43.3 Å². The fourth-order valence-electron chi connectivity index (χ4n) is 2.04. The number of hydrogen-bond acceptors (Lipinski definition) is 2. The summed E-state index contributed by atoms with van der Waals surface area (Å²) in [5.41, 5.74) is 3.55. The van der Waals surface area contributed by atoms with Crippen LogP contribution in [0.5, 0.6) is 0 Å². The number of thioether (sulfide) groups is 1. The molecule has 0 fully saturated rings. The molecule has 0 saturated heterocycles. The summed E-state index contributed by atoms with van der Waals surface area (Å²) in [7, 11) is 0. The lowest BCUT2D eigenvalue weighted by atomic mass is 10.1. The van der Waals surface area contributed by atoms with Crippen molar-refractivity contribution in [3.8, 4) is 0 Å². The molecule has 2 rings (SSSR count). The molecule has 0 unspecified atom stereocenters. The van der Waals surface area contributed by atoms with Gasteiger partial charge in [0.2, 0.25) is 0 Å². The number of rotatable bonds is 6. The molecule has 20 heavy (non-hydrogen) atoms. The second kappa shape index (κ2) is 7.46. The second-order valence-corrected chi connectivity index (χ2v) is 5.71. The zero-order valence-corrected chi connectivity index (χ0v) is 12.8. The van der Waals surface area contributed by atoms with Crippen molar-refractivity contribution in [3.05, 3.63) is 65.0 Å². The van der Waals surface area contributed by atoms with Gasteiger partial charge in [-0.25, -0.2) is 4.39 Å². The molecule has 1 nitrogen and oxygen atoms in total. The molecule has 2 aromatic rings. The zero-order valence-electron chi connectivity index (χ0n) is 11.9. The first-order valence-electron chi connectivity index (χ1n) is 6.87. The topological polar surface area (TPSA) is 12.0 Å². The minimum Gasteiger partial charge on any atom is -0.313 e. The predicted molar refractivity (Wildman–Crippen MR) is 84.5 cm³/mol. The van der Waals surface area contributed by atoms with Crippen molar-refractivity contribution in [2.24, 2.45) is 0 Å². The van der Waals surface area contributed by atoms with Gasteiger partial charge in [-0.15, -0.1) is 11.8 Å². The molecule has 0 aliphatic rings. The molecule has 0 atom stereocenters. The maximum absolute atomic E-state index is 14.0. The Morgan fingerprint density at radius 2 is 1.80 bits per heavy atom. The Morgan fingerprint density at radius 3 is 2.55 bits per heavy atom. The smallest absolute Gasteiger partial charge is 0.137 e. The fourth-order valence-corrected chi connectivity index (χ4v) is 3.19. The molecule has 0 amide bonds. The molecule has 0 bridgehead atoms. The average Bonchev–Trinajstić information content (AvgIpc) is 2.45. The zero-order chi connectivity index (χ0) is 14.4. The Bertz CT molecular complexity index is 569. The summed E-state index contributed by atoms with van der Waals surface area (Å²) >= 11 is 1.58. The molecule has 0 spiro atoms. The quantitative estimate of drug-likeness (QED) is 0.784. The Balaban J connectivity index is 2.14. The van der Waals surface area contributed by atoms with Gasteiger partial charge in [-0.05, 0) is 36.2 Å². The Hall–Kier alpha value is -1.32. The summed E-state index contributed by atoms with van der Waals surface area (Å²) < 4.78 is 14.0. The number of halogens is 1. The van der Waals surface area contributed by atoms with Crippen LogP contribution in [0.2, 0.25) is 0 Å². The van der Waals surface area contributed by atoms with Crippen LogP contribution in [0.15, 0.2) is 47.4 Å². The molecule has 1 N–H and O–H groups in total. The number of benzene rings is 2. The normalized spacial score (nSPS) is 10.8. The number of nitrogens with one attached hydrogen (secondary N) is 1. The van der Waals surface area contributed by atoms with Crippen LogP contribution in [0.25, 0.3) is 0 Å². The van der Waals surface area contributed by atoms with Crippen LogP contribution in [-0.2, 0) is 12.3 Å². The fraction of sp³-hybridized carbons (Fsp3) is 0.294. The molecule has 2 aromatic carbocycles. The first kappa shape index (κ1) is 15.1. The number of aryl methyl sites for hydroxylation is 1. The van der Waals surface area contributed by atoms with E-state index < -0.39 is 0 Å². The predicted octanol–water partition coefficient (Wildman–Crippen LogP) is 4.54. The van der Waals surface area contributed by atoms with Gasteiger partial charge in [0.15, 0.2) is 0 Å². The lowest BCUT2D eigenvalue weighted by molar-refractivity contribution is 0.591. The van der Waals surface area contributed by atoms with E-state index in [4.69, 9.17) is 0 Å². The summed E-state index contributed by atoms with van der Waals surface area (Å²) in [6, 6.07) is 13.6. The third kappa shape index (κ3) is 3.84. The van der Waals surface area contributed by atoms with Crippen molar-refractivity contribution in [1.82, 2.24) is 5.32 Å². The Labute approximate surface area is 124 Å². The highest BCUT2D eigenvalue weighted by atomic mass is 32.2. The summed E-state index contributed by atoms with van der Waals surface area (Å²) in [5, 5.41) is 3.26. The van der Waals surface area contributed by atoms with Crippen molar-refractivity contribution in [3.63, 3.8) is 0 Å². The van der Waals surface area contributed by atoms with Crippen LogP contribution in [0, 0.1) is 12.7 Å². The highest BCUT2D eigenvalue weighted by Crippen LogP contribution is 2.29. The van der Waals surface area contributed by atoms with Gasteiger partial charge < -0.3 is 5.32 Å². The van der Waals surface area contributed by atoms with E-state index in [-0.39, 0.29) is 5.82 Å². The minimum absolute atomic E-state index is 0.126. The van der Waals surface area contributed by atoms with E-state index in [2.05, 4.69) is 31.3 Å². The lowest BCUT2D eigenvalue weighted by Crippen LogP contribution is -2.12. The van der Waals surface area contributed by atoms with Gasteiger partial charge in [0.25, 0.3) is 0 Å². The third-order valence-corrected chi connectivity index (χ3v) is 4.45. The van der Waals surface area contributed by atoms with E-state index in [0.717, 1.165) is 22.8 Å². The molecule has 106 valence electrons. The SMILES string of the molecule is CCNCc1cccc(F)c1SCc1ccccc1C. The van der Waals surface area contributed by atoms with Crippen molar-refractivity contribution < 1.29 is 4.39 Å². The van der Waals surface area contributed by atoms with Gasteiger partial charge in [0, 0.05) is 17.2 Å². The molecule has 0 saturated carbocycles. The van der Waals surface area contributed by atoms with Gasteiger partial charge in [-0.3, -0.25) is 0 Å². The van der Waals surface area contributed by atoms with Crippen LogP contribution in [-0.4, -0.2) is 6.54 Å². The summed E-state index contributed by atoms with van der Waals surface area (Å²) in [4.78, 5) is 0.761. The monoisotopic (exact) mass is 289 g/mol. The summed E-state index contributed by atoms with van der Waals surface area (Å²) in [6.07, 6.45) is 0. The van der Waals surface area contributed by atoms with Crippen molar-refractivity contribution in [2.75, 3.05) is 6.54 Å². The Morgan fingerprint density at radius 1 is 1.05 bits per heavy atom. The minimum atomic E-state index is -0.126. The van der Waals surface area contributed by atoms with Crippen LogP contribution < -0.4 is 5.32 Å². The molecule has 0 aliphatic carbocycles. The van der Waals surface area contributed by atoms with E-state index >= 15 is 0 Å². The van der Waals surface area contributed by atoms with Crippen LogP contribution in [0.4, 0.5) is 4.39 Å². The molecule has 0 aromatic heterocycles. The Kier molecular flexibility index (Phi) is 5.62. The molecule has 0 heterocycles. The van der Waals surface area contributed by atoms with E-state index in [1.54, 1.807) is 17.8 Å². The standard InChI is InChI=1S/C17H20FNS/c1-3-19-11-14-9-6-10-16(18)17(14)20-12-15-8-5-4-7-13(15)2/h4-10,19H,3,11-12H2,1-2H3.